The van der Waals surface area contributed by atoms with E-state index in [2.05, 4.69) is 5.32 Å². The minimum Gasteiger partial charge on any atom is -0.460 e. The van der Waals surface area contributed by atoms with Gasteiger partial charge in [0.15, 0.2) is 0 Å². The molecule has 0 saturated heterocycles. The van der Waals surface area contributed by atoms with Crippen LogP contribution in [0.25, 0.3) is 0 Å². The second kappa shape index (κ2) is 9.31. The SMILES string of the molecule is Cc1ccc(CCC(=O)NCCOC(=O)c2ccc([N+](=O)[O-])cc2)cc1. The van der Waals surface area contributed by atoms with Gasteiger partial charge in [-0.1, -0.05) is 29.8 Å². The van der Waals surface area contributed by atoms with Gasteiger partial charge >= 0.3 is 5.97 Å². The van der Waals surface area contributed by atoms with Crippen LogP contribution in [-0.4, -0.2) is 30.0 Å². The molecule has 136 valence electrons. The fourth-order valence-corrected chi connectivity index (χ4v) is 2.24. The fourth-order valence-electron chi connectivity index (χ4n) is 2.24. The Morgan fingerprint density at radius 3 is 2.35 bits per heavy atom. The Bertz CT molecular complexity index is 770. The van der Waals surface area contributed by atoms with Crippen molar-refractivity contribution in [2.45, 2.75) is 19.8 Å². The van der Waals surface area contributed by atoms with Crippen LogP contribution in [-0.2, 0) is 16.0 Å². The van der Waals surface area contributed by atoms with E-state index in [1.54, 1.807) is 0 Å². The van der Waals surface area contributed by atoms with Crippen molar-refractivity contribution in [3.05, 3.63) is 75.3 Å². The zero-order valence-corrected chi connectivity index (χ0v) is 14.4. The molecule has 0 fully saturated rings. The molecule has 0 spiro atoms. The van der Waals surface area contributed by atoms with Gasteiger partial charge in [0.1, 0.15) is 6.61 Å². The van der Waals surface area contributed by atoms with Crippen molar-refractivity contribution in [1.82, 2.24) is 5.32 Å². The van der Waals surface area contributed by atoms with Gasteiger partial charge < -0.3 is 10.1 Å². The summed E-state index contributed by atoms with van der Waals surface area (Å²) in [5.74, 6) is -0.703. The Morgan fingerprint density at radius 1 is 1.08 bits per heavy atom. The Balaban J connectivity index is 1.65. The third kappa shape index (κ3) is 6.01. The van der Waals surface area contributed by atoms with Crippen molar-refractivity contribution in [3.63, 3.8) is 0 Å². The van der Waals surface area contributed by atoms with Crippen molar-refractivity contribution < 1.29 is 19.2 Å². The van der Waals surface area contributed by atoms with Gasteiger partial charge in [-0.2, -0.15) is 0 Å². The molecule has 0 aliphatic carbocycles. The maximum absolute atomic E-state index is 11.8. The predicted octanol–water partition coefficient (Wildman–Crippen LogP) is 2.81. The number of nitro groups is 1. The van der Waals surface area contributed by atoms with E-state index in [9.17, 15) is 19.7 Å². The summed E-state index contributed by atoms with van der Waals surface area (Å²) in [7, 11) is 0. The molecule has 0 atom stereocenters. The number of hydrogen-bond donors (Lipinski definition) is 1. The molecule has 1 N–H and O–H groups in total. The monoisotopic (exact) mass is 356 g/mol. The van der Waals surface area contributed by atoms with Gasteiger partial charge in [-0.05, 0) is 31.0 Å². The van der Waals surface area contributed by atoms with E-state index in [4.69, 9.17) is 4.74 Å². The van der Waals surface area contributed by atoms with Crippen LogP contribution in [0.3, 0.4) is 0 Å². The Hall–Kier alpha value is -3.22. The van der Waals surface area contributed by atoms with Crippen molar-refractivity contribution >= 4 is 17.6 Å². The second-order valence-electron chi connectivity index (χ2n) is 5.78. The molecule has 26 heavy (non-hydrogen) atoms. The number of benzene rings is 2. The highest BCUT2D eigenvalue weighted by atomic mass is 16.6. The van der Waals surface area contributed by atoms with Gasteiger partial charge in [0.25, 0.3) is 5.69 Å². The Morgan fingerprint density at radius 2 is 1.73 bits per heavy atom. The first-order chi connectivity index (χ1) is 12.5. The Labute approximate surface area is 151 Å². The molecule has 0 aromatic heterocycles. The number of hydrogen-bond acceptors (Lipinski definition) is 5. The lowest BCUT2D eigenvalue weighted by Gasteiger charge is -2.07. The van der Waals surface area contributed by atoms with Crippen LogP contribution in [0, 0.1) is 17.0 Å². The van der Waals surface area contributed by atoms with Crippen LogP contribution in [0.5, 0.6) is 0 Å². The van der Waals surface area contributed by atoms with Crippen LogP contribution in [0.2, 0.25) is 0 Å². The highest BCUT2D eigenvalue weighted by molar-refractivity contribution is 5.89. The summed E-state index contributed by atoms with van der Waals surface area (Å²) in [4.78, 5) is 33.6. The molecule has 0 bridgehead atoms. The third-order valence-electron chi connectivity index (χ3n) is 3.73. The highest BCUT2D eigenvalue weighted by Crippen LogP contribution is 2.12. The fraction of sp³-hybridized carbons (Fsp3) is 0.263. The number of nitrogens with zero attached hydrogens (tertiary/aromatic N) is 1. The first kappa shape index (κ1) is 19.1. The average Bonchev–Trinajstić information content (AvgIpc) is 2.64. The maximum atomic E-state index is 11.8. The third-order valence-corrected chi connectivity index (χ3v) is 3.73. The molecule has 2 aromatic rings. The predicted molar refractivity (Wildman–Crippen MR) is 95.9 cm³/mol. The molecule has 0 aliphatic rings. The first-order valence-corrected chi connectivity index (χ1v) is 8.19. The maximum Gasteiger partial charge on any atom is 0.338 e. The van der Waals surface area contributed by atoms with E-state index in [0.717, 1.165) is 5.56 Å². The summed E-state index contributed by atoms with van der Waals surface area (Å²) in [5.41, 5.74) is 2.40. The van der Waals surface area contributed by atoms with Gasteiger partial charge in [-0.15, -0.1) is 0 Å². The molecule has 1 amide bonds. The molecule has 0 radical (unpaired) electrons. The minimum atomic E-state index is -0.589. The first-order valence-electron chi connectivity index (χ1n) is 8.19. The van der Waals surface area contributed by atoms with Crippen LogP contribution < -0.4 is 5.32 Å². The number of rotatable bonds is 8. The lowest BCUT2D eigenvalue weighted by Crippen LogP contribution is -2.28. The number of carbonyl (C=O) groups excluding carboxylic acids is 2. The average molecular weight is 356 g/mol. The number of esters is 1. The van der Waals surface area contributed by atoms with Gasteiger partial charge in [0.2, 0.25) is 5.91 Å². The van der Waals surface area contributed by atoms with Gasteiger partial charge in [0.05, 0.1) is 17.0 Å². The van der Waals surface area contributed by atoms with Crippen molar-refractivity contribution in [2.24, 2.45) is 0 Å². The number of nitrogens with one attached hydrogen (secondary N) is 1. The quantitative estimate of drug-likeness (QED) is 0.339. The lowest BCUT2D eigenvalue weighted by molar-refractivity contribution is -0.384. The summed E-state index contributed by atoms with van der Waals surface area (Å²) in [6, 6.07) is 13.1. The largest absolute Gasteiger partial charge is 0.460 e. The molecule has 7 nitrogen and oxygen atoms in total. The summed E-state index contributed by atoms with van der Waals surface area (Å²) < 4.78 is 5.03. The van der Waals surface area contributed by atoms with Crippen LogP contribution in [0.1, 0.15) is 27.9 Å². The summed E-state index contributed by atoms with van der Waals surface area (Å²) >= 11 is 0. The Kier molecular flexibility index (Phi) is 6.84. The van der Waals surface area contributed by atoms with Crippen LogP contribution >= 0.6 is 0 Å². The molecular weight excluding hydrogens is 336 g/mol. The van der Waals surface area contributed by atoms with E-state index >= 15 is 0 Å². The molecule has 2 aromatic carbocycles. The number of aryl methyl sites for hydroxylation is 2. The van der Waals surface area contributed by atoms with Crippen molar-refractivity contribution in [3.8, 4) is 0 Å². The smallest absolute Gasteiger partial charge is 0.338 e. The topological polar surface area (TPSA) is 98.5 Å². The minimum absolute atomic E-state index is 0.0338. The van der Waals surface area contributed by atoms with Crippen LogP contribution in [0.15, 0.2) is 48.5 Å². The van der Waals surface area contributed by atoms with E-state index in [1.165, 1.54) is 29.8 Å². The van der Waals surface area contributed by atoms with Gasteiger partial charge in [0, 0.05) is 18.6 Å². The second-order valence-corrected chi connectivity index (χ2v) is 5.78. The number of ether oxygens (including phenoxy) is 1. The van der Waals surface area contributed by atoms with Crippen molar-refractivity contribution in [2.75, 3.05) is 13.2 Å². The molecule has 0 aliphatic heterocycles. The van der Waals surface area contributed by atoms with Crippen molar-refractivity contribution in [1.29, 1.82) is 0 Å². The van der Waals surface area contributed by atoms with Gasteiger partial charge in [-0.25, -0.2) is 4.79 Å². The molecule has 0 unspecified atom stereocenters. The zero-order chi connectivity index (χ0) is 18.9. The van der Waals surface area contributed by atoms with Crippen LogP contribution in [0.4, 0.5) is 5.69 Å². The number of nitro benzene ring substituents is 1. The molecule has 7 heteroatoms. The van der Waals surface area contributed by atoms with E-state index in [0.29, 0.717) is 12.8 Å². The van der Waals surface area contributed by atoms with E-state index in [1.807, 2.05) is 31.2 Å². The zero-order valence-electron chi connectivity index (χ0n) is 14.4. The molecular formula is C19H20N2O5. The highest BCUT2D eigenvalue weighted by Gasteiger charge is 2.10. The molecule has 0 saturated carbocycles. The lowest BCUT2D eigenvalue weighted by atomic mass is 10.1. The molecule has 0 heterocycles. The number of amides is 1. The summed E-state index contributed by atoms with van der Waals surface area (Å²) in [6.45, 7) is 2.26. The normalized spacial score (nSPS) is 10.2. The summed E-state index contributed by atoms with van der Waals surface area (Å²) in [5, 5.41) is 13.3. The molecule has 2 rings (SSSR count). The number of carbonyl (C=O) groups is 2. The van der Waals surface area contributed by atoms with E-state index < -0.39 is 10.9 Å². The standard InChI is InChI=1S/C19H20N2O5/c1-14-2-4-15(5-3-14)6-11-18(22)20-12-13-26-19(23)16-7-9-17(10-8-16)21(24)25/h2-5,7-10H,6,11-13H2,1H3,(H,20,22). The van der Waals surface area contributed by atoms with E-state index in [-0.39, 0.29) is 30.3 Å². The van der Waals surface area contributed by atoms with Gasteiger partial charge in [-0.3, -0.25) is 14.9 Å². The summed E-state index contributed by atoms with van der Waals surface area (Å²) in [6.07, 6.45) is 1.01. The number of non-ortho nitro benzene ring substituents is 1.